The van der Waals surface area contributed by atoms with Gasteiger partial charge in [0.2, 0.25) is 11.8 Å². The van der Waals surface area contributed by atoms with E-state index in [1.54, 1.807) is 4.90 Å². The fourth-order valence-corrected chi connectivity index (χ4v) is 3.39. The first-order valence-electron chi connectivity index (χ1n) is 7.52. The van der Waals surface area contributed by atoms with Gasteiger partial charge < -0.3 is 14.6 Å². The van der Waals surface area contributed by atoms with Crippen molar-refractivity contribution >= 4 is 11.8 Å². The Morgan fingerprint density at radius 2 is 2.05 bits per heavy atom. The van der Waals surface area contributed by atoms with Gasteiger partial charge >= 0.3 is 0 Å². The Hall–Kier alpha value is -1.78. The predicted octanol–water partition coefficient (Wildman–Crippen LogP) is 2.08. The van der Waals surface area contributed by atoms with Crippen molar-refractivity contribution in [3.63, 3.8) is 0 Å². The zero-order valence-corrected chi connectivity index (χ0v) is 13.0. The average Bonchev–Trinajstić information content (AvgIpc) is 3.19. The van der Waals surface area contributed by atoms with Gasteiger partial charge in [0, 0.05) is 5.56 Å². The molecular formula is C16H22N2O3. The van der Waals surface area contributed by atoms with Crippen LogP contribution in [0.1, 0.15) is 49.8 Å². The van der Waals surface area contributed by atoms with Crippen LogP contribution in [0.15, 0.2) is 10.5 Å². The quantitative estimate of drug-likeness (QED) is 0.927. The average molecular weight is 290 g/mol. The Kier molecular flexibility index (Phi) is 3.11. The Labute approximate surface area is 124 Å². The molecule has 0 radical (unpaired) electrons. The van der Waals surface area contributed by atoms with E-state index in [0.717, 1.165) is 29.9 Å². The van der Waals surface area contributed by atoms with Crippen LogP contribution in [0.25, 0.3) is 0 Å². The summed E-state index contributed by atoms with van der Waals surface area (Å²) >= 11 is 0. The zero-order chi connectivity index (χ0) is 15.4. The molecule has 2 unspecified atom stereocenters. The van der Waals surface area contributed by atoms with E-state index in [1.807, 2.05) is 33.8 Å². The monoisotopic (exact) mass is 290 g/mol. The molecule has 1 aromatic rings. The third-order valence-corrected chi connectivity index (χ3v) is 4.81. The number of hydrogen-bond donors (Lipinski definition) is 1. The van der Waals surface area contributed by atoms with E-state index in [1.165, 1.54) is 0 Å². The lowest BCUT2D eigenvalue weighted by Gasteiger charge is -2.42. The molecule has 0 aromatic carbocycles. The Morgan fingerprint density at radius 3 is 2.57 bits per heavy atom. The van der Waals surface area contributed by atoms with E-state index >= 15 is 0 Å². The fourth-order valence-electron chi connectivity index (χ4n) is 3.39. The largest absolute Gasteiger partial charge is 0.466 e. The highest BCUT2D eigenvalue weighted by atomic mass is 16.3. The van der Waals surface area contributed by atoms with Crippen LogP contribution in [-0.2, 0) is 9.59 Å². The van der Waals surface area contributed by atoms with E-state index in [4.69, 9.17) is 4.42 Å². The number of furan rings is 1. The number of hydrogen-bond acceptors (Lipinski definition) is 3. The number of amides is 2. The summed E-state index contributed by atoms with van der Waals surface area (Å²) in [5, 5.41) is 2.91. The molecule has 2 amide bonds. The minimum absolute atomic E-state index is 0.0235. The number of nitrogens with zero attached hydrogens (tertiary/aromatic N) is 1. The lowest BCUT2D eigenvalue weighted by atomic mass is 9.90. The number of carbonyl (C=O) groups excluding carboxylic acids is 2. The summed E-state index contributed by atoms with van der Waals surface area (Å²) in [4.78, 5) is 26.6. The third-order valence-electron chi connectivity index (χ3n) is 4.81. The second-order valence-electron chi connectivity index (χ2n) is 6.50. The van der Waals surface area contributed by atoms with Crippen LogP contribution in [0.5, 0.6) is 0 Å². The van der Waals surface area contributed by atoms with Gasteiger partial charge in [-0.2, -0.15) is 0 Å². The molecule has 2 aliphatic rings. The van der Waals surface area contributed by atoms with Crippen LogP contribution < -0.4 is 5.32 Å². The molecular weight excluding hydrogens is 268 g/mol. The van der Waals surface area contributed by atoms with Crippen molar-refractivity contribution < 1.29 is 14.0 Å². The predicted molar refractivity (Wildman–Crippen MR) is 77.6 cm³/mol. The highest BCUT2D eigenvalue weighted by molar-refractivity contribution is 5.98. The molecule has 5 nitrogen and oxygen atoms in total. The minimum Gasteiger partial charge on any atom is -0.466 e. The Morgan fingerprint density at radius 1 is 1.38 bits per heavy atom. The molecule has 1 saturated heterocycles. The minimum atomic E-state index is -0.740. The summed E-state index contributed by atoms with van der Waals surface area (Å²) in [6, 6.07) is 1.80. The summed E-state index contributed by atoms with van der Waals surface area (Å²) in [6.07, 6.45) is 2.02. The summed E-state index contributed by atoms with van der Waals surface area (Å²) in [5.41, 5.74) is 0.240. The van der Waals surface area contributed by atoms with Crippen LogP contribution in [0, 0.1) is 19.8 Å². The van der Waals surface area contributed by atoms with E-state index in [2.05, 4.69) is 5.32 Å². The van der Waals surface area contributed by atoms with Gasteiger partial charge in [0.25, 0.3) is 0 Å². The van der Waals surface area contributed by atoms with Crippen molar-refractivity contribution in [2.75, 3.05) is 6.54 Å². The van der Waals surface area contributed by atoms with Gasteiger partial charge in [0.05, 0.1) is 6.04 Å². The second kappa shape index (κ2) is 4.61. The molecule has 1 saturated carbocycles. The smallest absolute Gasteiger partial charge is 0.249 e. The lowest BCUT2D eigenvalue weighted by Crippen LogP contribution is -2.66. The molecule has 1 N–H and O–H groups in total. The maximum atomic E-state index is 12.9. The van der Waals surface area contributed by atoms with Crippen molar-refractivity contribution in [1.82, 2.24) is 10.2 Å². The Bertz CT molecular complexity index is 603. The number of nitrogens with one attached hydrogen (secondary N) is 1. The number of piperazine rings is 1. The summed E-state index contributed by atoms with van der Waals surface area (Å²) in [7, 11) is 0. The van der Waals surface area contributed by atoms with E-state index in [-0.39, 0.29) is 30.3 Å². The van der Waals surface area contributed by atoms with Gasteiger partial charge in [-0.1, -0.05) is 0 Å². The highest BCUT2D eigenvalue weighted by Gasteiger charge is 2.53. The molecule has 2 heterocycles. The van der Waals surface area contributed by atoms with Crippen molar-refractivity contribution in [3.05, 3.63) is 23.2 Å². The van der Waals surface area contributed by atoms with Crippen LogP contribution >= 0.6 is 0 Å². The van der Waals surface area contributed by atoms with Crippen LogP contribution in [0.2, 0.25) is 0 Å². The van der Waals surface area contributed by atoms with Gasteiger partial charge in [-0.3, -0.25) is 9.59 Å². The van der Waals surface area contributed by atoms with Crippen molar-refractivity contribution in [1.29, 1.82) is 0 Å². The van der Waals surface area contributed by atoms with Gasteiger partial charge in [0.1, 0.15) is 23.6 Å². The lowest BCUT2D eigenvalue weighted by molar-refractivity contribution is -0.152. The van der Waals surface area contributed by atoms with Crippen LogP contribution in [-0.4, -0.2) is 28.8 Å². The molecule has 1 aliphatic heterocycles. The topological polar surface area (TPSA) is 62.6 Å². The first kappa shape index (κ1) is 14.2. The summed E-state index contributed by atoms with van der Waals surface area (Å²) in [6.45, 7) is 7.72. The third kappa shape index (κ3) is 2.24. The normalized spacial score (nSPS) is 27.7. The molecule has 114 valence electrons. The van der Waals surface area contributed by atoms with Crippen LogP contribution in [0.3, 0.4) is 0 Å². The molecule has 1 aromatic heterocycles. The van der Waals surface area contributed by atoms with Crippen molar-refractivity contribution in [3.8, 4) is 0 Å². The molecule has 2 atom stereocenters. The van der Waals surface area contributed by atoms with Gasteiger partial charge in [0.15, 0.2) is 0 Å². The van der Waals surface area contributed by atoms with Gasteiger partial charge in [-0.05, 0) is 52.5 Å². The molecule has 1 aliphatic carbocycles. The van der Waals surface area contributed by atoms with Crippen molar-refractivity contribution in [2.45, 2.75) is 52.1 Å². The molecule has 5 heteroatoms. The number of carbonyl (C=O) groups is 2. The van der Waals surface area contributed by atoms with Crippen molar-refractivity contribution in [2.24, 2.45) is 5.92 Å². The highest BCUT2D eigenvalue weighted by Crippen LogP contribution is 2.43. The zero-order valence-electron chi connectivity index (χ0n) is 13.0. The molecule has 0 spiro atoms. The fraction of sp³-hybridized carbons (Fsp3) is 0.625. The summed E-state index contributed by atoms with van der Waals surface area (Å²) in [5.74, 6) is 1.86. The standard InChI is InChI=1S/C16H22N2O3/c1-9-7-13(11(3)21-9)10(2)18-8-14(19)17-16(4,15(18)20)12-5-6-12/h7,10,12H,5-6,8H2,1-4H3,(H,17,19). The molecule has 3 rings (SSSR count). The number of aryl methyl sites for hydroxylation is 2. The SMILES string of the molecule is Cc1cc(C(C)N2CC(=O)NC(C)(C3CC3)C2=O)c(C)o1. The summed E-state index contributed by atoms with van der Waals surface area (Å²) < 4.78 is 5.56. The molecule has 2 fully saturated rings. The molecule has 21 heavy (non-hydrogen) atoms. The second-order valence-corrected chi connectivity index (χ2v) is 6.50. The Balaban J connectivity index is 1.91. The first-order valence-corrected chi connectivity index (χ1v) is 7.52. The first-order chi connectivity index (χ1) is 9.83. The van der Waals surface area contributed by atoms with Crippen LogP contribution in [0.4, 0.5) is 0 Å². The maximum Gasteiger partial charge on any atom is 0.249 e. The van der Waals surface area contributed by atoms with E-state index in [0.29, 0.717) is 0 Å². The maximum absolute atomic E-state index is 12.9. The van der Waals surface area contributed by atoms with Gasteiger partial charge in [-0.15, -0.1) is 0 Å². The van der Waals surface area contributed by atoms with Gasteiger partial charge in [-0.25, -0.2) is 0 Å². The molecule has 0 bridgehead atoms. The van der Waals surface area contributed by atoms with E-state index < -0.39 is 5.54 Å². The number of rotatable bonds is 3. The van der Waals surface area contributed by atoms with E-state index in [9.17, 15) is 9.59 Å².